The summed E-state index contributed by atoms with van der Waals surface area (Å²) in [6.07, 6.45) is 2.21. The molecular weight excluding hydrogens is 366 g/mol. The molecule has 6 heteroatoms. The first-order valence-electron chi connectivity index (χ1n) is 8.86. The van der Waals surface area contributed by atoms with Crippen LogP contribution < -0.4 is 10.2 Å². The molecule has 2 atom stereocenters. The number of carbonyl (C=O) groups excluding carboxylic acids is 1. The van der Waals surface area contributed by atoms with Gasteiger partial charge in [-0.1, -0.05) is 29.8 Å². The molecule has 26 heavy (non-hydrogen) atoms. The SMILES string of the molecule is Cc1ccc(Cl)cc1NC(=O)C[NH+]1CCC[C@H]1c1nc2ccccc2s1. The Labute approximate surface area is 161 Å². The Bertz CT molecular complexity index is 922. The number of rotatable bonds is 4. The number of amides is 1. The Balaban J connectivity index is 1.48. The van der Waals surface area contributed by atoms with Crippen LogP contribution in [0.1, 0.15) is 29.5 Å². The second-order valence-corrected chi connectivity index (χ2v) is 8.31. The Morgan fingerprint density at radius 3 is 3.04 bits per heavy atom. The summed E-state index contributed by atoms with van der Waals surface area (Å²) in [6, 6.07) is 14.1. The van der Waals surface area contributed by atoms with Crippen molar-refractivity contribution in [1.82, 2.24) is 4.98 Å². The van der Waals surface area contributed by atoms with E-state index in [2.05, 4.69) is 17.4 Å². The van der Waals surface area contributed by atoms with Crippen LogP contribution in [0.4, 0.5) is 5.69 Å². The molecule has 2 aromatic carbocycles. The summed E-state index contributed by atoms with van der Waals surface area (Å²) < 4.78 is 1.22. The number of fused-ring (bicyclic) bond motifs is 1. The third kappa shape index (κ3) is 3.61. The summed E-state index contributed by atoms with van der Waals surface area (Å²) >= 11 is 7.80. The summed E-state index contributed by atoms with van der Waals surface area (Å²) in [7, 11) is 0. The lowest BCUT2D eigenvalue weighted by molar-refractivity contribution is -0.910. The Morgan fingerprint density at radius 1 is 1.35 bits per heavy atom. The van der Waals surface area contributed by atoms with Crippen molar-refractivity contribution < 1.29 is 9.69 Å². The molecule has 0 spiro atoms. The number of aryl methyl sites for hydroxylation is 1. The van der Waals surface area contributed by atoms with Gasteiger partial charge < -0.3 is 10.2 Å². The van der Waals surface area contributed by atoms with Gasteiger partial charge in [-0.25, -0.2) is 4.98 Å². The van der Waals surface area contributed by atoms with Crippen molar-refractivity contribution in [3.63, 3.8) is 0 Å². The van der Waals surface area contributed by atoms with Gasteiger partial charge in [0.05, 0.1) is 16.8 Å². The van der Waals surface area contributed by atoms with E-state index in [1.54, 1.807) is 17.4 Å². The molecule has 0 saturated carbocycles. The molecule has 1 aliphatic heterocycles. The molecule has 1 aromatic heterocycles. The van der Waals surface area contributed by atoms with Crippen LogP contribution in [0.5, 0.6) is 0 Å². The third-order valence-electron chi connectivity index (χ3n) is 4.95. The van der Waals surface area contributed by atoms with Crippen molar-refractivity contribution in [3.8, 4) is 0 Å². The number of hydrogen-bond acceptors (Lipinski definition) is 3. The van der Waals surface area contributed by atoms with E-state index in [-0.39, 0.29) is 5.91 Å². The van der Waals surface area contributed by atoms with E-state index in [4.69, 9.17) is 16.6 Å². The number of benzene rings is 2. The number of halogens is 1. The van der Waals surface area contributed by atoms with E-state index in [0.29, 0.717) is 17.6 Å². The van der Waals surface area contributed by atoms with Gasteiger partial charge in [0.1, 0.15) is 6.04 Å². The largest absolute Gasteiger partial charge is 0.321 e. The van der Waals surface area contributed by atoms with Crippen LogP contribution >= 0.6 is 22.9 Å². The van der Waals surface area contributed by atoms with E-state index in [1.807, 2.05) is 31.2 Å². The molecular formula is C20H21ClN3OS+. The van der Waals surface area contributed by atoms with Gasteiger partial charge in [-0.05, 0) is 36.8 Å². The summed E-state index contributed by atoms with van der Waals surface area (Å²) in [5.74, 6) is 0.0263. The lowest BCUT2D eigenvalue weighted by atomic mass is 10.2. The maximum atomic E-state index is 12.6. The molecule has 2 N–H and O–H groups in total. The maximum Gasteiger partial charge on any atom is 0.279 e. The number of hydrogen-bond donors (Lipinski definition) is 2. The molecule has 1 aliphatic rings. The fourth-order valence-electron chi connectivity index (χ4n) is 3.59. The third-order valence-corrected chi connectivity index (χ3v) is 6.34. The molecule has 1 fully saturated rings. The summed E-state index contributed by atoms with van der Waals surface area (Å²) in [6.45, 7) is 3.42. The van der Waals surface area contributed by atoms with Crippen LogP contribution in [0.25, 0.3) is 10.2 Å². The number of nitrogens with zero attached hydrogens (tertiary/aromatic N) is 1. The number of para-hydroxylation sites is 1. The van der Waals surface area contributed by atoms with Gasteiger partial charge in [-0.3, -0.25) is 4.79 Å². The van der Waals surface area contributed by atoms with Gasteiger partial charge in [-0.2, -0.15) is 0 Å². The van der Waals surface area contributed by atoms with Crippen molar-refractivity contribution >= 4 is 44.7 Å². The predicted molar refractivity (Wildman–Crippen MR) is 107 cm³/mol. The van der Waals surface area contributed by atoms with Gasteiger partial charge in [0.15, 0.2) is 11.6 Å². The topological polar surface area (TPSA) is 46.4 Å². The minimum atomic E-state index is 0.0263. The average molecular weight is 387 g/mol. The van der Waals surface area contributed by atoms with E-state index >= 15 is 0 Å². The van der Waals surface area contributed by atoms with Crippen molar-refractivity contribution in [2.24, 2.45) is 0 Å². The Hall–Kier alpha value is -1.95. The van der Waals surface area contributed by atoms with E-state index < -0.39 is 0 Å². The van der Waals surface area contributed by atoms with Crippen molar-refractivity contribution in [2.45, 2.75) is 25.8 Å². The minimum Gasteiger partial charge on any atom is -0.321 e. The average Bonchev–Trinajstić information content (AvgIpc) is 3.24. The number of quaternary nitrogens is 1. The van der Waals surface area contributed by atoms with Crippen molar-refractivity contribution in [1.29, 1.82) is 0 Å². The number of nitrogens with one attached hydrogen (secondary N) is 2. The highest BCUT2D eigenvalue weighted by Gasteiger charge is 2.34. The van der Waals surface area contributed by atoms with Crippen molar-refractivity contribution in [3.05, 3.63) is 58.1 Å². The van der Waals surface area contributed by atoms with Gasteiger partial charge >= 0.3 is 0 Å². The molecule has 3 aromatic rings. The number of aromatic nitrogens is 1. The predicted octanol–water partition coefficient (Wildman–Crippen LogP) is 3.62. The van der Waals surface area contributed by atoms with Crippen LogP contribution in [0.3, 0.4) is 0 Å². The highest BCUT2D eigenvalue weighted by molar-refractivity contribution is 7.18. The van der Waals surface area contributed by atoms with E-state index in [1.165, 1.54) is 9.60 Å². The first-order chi connectivity index (χ1) is 12.6. The number of thiazole rings is 1. The first kappa shape index (κ1) is 17.5. The molecule has 1 amide bonds. The van der Waals surface area contributed by atoms with Crippen molar-refractivity contribution in [2.75, 3.05) is 18.4 Å². The Morgan fingerprint density at radius 2 is 2.19 bits per heavy atom. The van der Waals surface area contributed by atoms with E-state index in [9.17, 15) is 4.79 Å². The number of anilines is 1. The van der Waals surface area contributed by atoms with E-state index in [0.717, 1.165) is 41.2 Å². The first-order valence-corrected chi connectivity index (χ1v) is 10.1. The highest BCUT2D eigenvalue weighted by atomic mass is 35.5. The minimum absolute atomic E-state index is 0.0263. The molecule has 134 valence electrons. The maximum absolute atomic E-state index is 12.6. The monoisotopic (exact) mass is 386 g/mol. The quantitative estimate of drug-likeness (QED) is 0.719. The summed E-state index contributed by atoms with van der Waals surface area (Å²) in [5.41, 5.74) is 2.86. The zero-order chi connectivity index (χ0) is 18.1. The molecule has 0 radical (unpaired) electrons. The second kappa shape index (κ2) is 7.35. The van der Waals surface area contributed by atoms with Crippen LogP contribution in [0.15, 0.2) is 42.5 Å². The molecule has 0 aliphatic carbocycles. The zero-order valence-electron chi connectivity index (χ0n) is 14.6. The van der Waals surface area contributed by atoms with Gasteiger partial charge in [0.25, 0.3) is 5.91 Å². The lowest BCUT2D eigenvalue weighted by Crippen LogP contribution is -3.11. The molecule has 2 heterocycles. The van der Waals surface area contributed by atoms with Crippen LogP contribution in [-0.4, -0.2) is 24.0 Å². The number of carbonyl (C=O) groups is 1. The molecule has 1 unspecified atom stereocenters. The Kier molecular flexibility index (Phi) is 4.94. The summed E-state index contributed by atoms with van der Waals surface area (Å²) in [4.78, 5) is 18.7. The van der Waals surface area contributed by atoms with Gasteiger partial charge in [0, 0.05) is 23.6 Å². The van der Waals surface area contributed by atoms with Crippen LogP contribution in [-0.2, 0) is 4.79 Å². The van der Waals surface area contributed by atoms with Crippen LogP contribution in [0, 0.1) is 6.92 Å². The smallest absolute Gasteiger partial charge is 0.279 e. The van der Waals surface area contributed by atoms with Gasteiger partial charge in [0.2, 0.25) is 0 Å². The molecule has 0 bridgehead atoms. The fraction of sp³-hybridized carbons (Fsp3) is 0.300. The second-order valence-electron chi connectivity index (χ2n) is 6.81. The highest BCUT2D eigenvalue weighted by Crippen LogP contribution is 2.28. The lowest BCUT2D eigenvalue weighted by Gasteiger charge is -2.19. The zero-order valence-corrected chi connectivity index (χ0v) is 16.2. The standard InChI is InChI=1S/C20H20ClN3OS/c1-13-8-9-14(21)11-16(13)22-19(25)12-24-10-4-6-17(24)20-23-15-5-2-3-7-18(15)26-20/h2-3,5,7-9,11,17H,4,6,10,12H2,1H3,(H,22,25)/p+1/t17-/m0/s1. The normalized spacial score (nSPS) is 19.8. The summed E-state index contributed by atoms with van der Waals surface area (Å²) in [5, 5.41) is 4.79. The number of likely N-dealkylation sites (tertiary alicyclic amines) is 1. The fourth-order valence-corrected chi connectivity index (χ4v) is 4.92. The van der Waals surface area contributed by atoms with Gasteiger partial charge in [-0.15, -0.1) is 11.3 Å². The van der Waals surface area contributed by atoms with Crippen LogP contribution in [0.2, 0.25) is 5.02 Å². The molecule has 1 saturated heterocycles. The molecule has 4 nitrogen and oxygen atoms in total. The molecule has 4 rings (SSSR count).